The molecule has 0 saturated carbocycles. The molecule has 4 heteroatoms. The van der Waals surface area contributed by atoms with E-state index in [1.165, 1.54) is 0 Å². The summed E-state index contributed by atoms with van der Waals surface area (Å²) in [5.41, 5.74) is 1.73. The molecule has 0 bridgehead atoms. The topological polar surface area (TPSA) is 41.1 Å². The molecule has 1 unspecified atom stereocenters. The van der Waals surface area contributed by atoms with Crippen LogP contribution >= 0.6 is 11.6 Å². The Kier molecular flexibility index (Phi) is 4.63. The Morgan fingerprint density at radius 3 is 2.50 bits per heavy atom. The van der Waals surface area contributed by atoms with Crippen molar-refractivity contribution in [2.45, 2.75) is 46.2 Å². The zero-order valence-corrected chi connectivity index (χ0v) is 12.4. The highest BCUT2D eigenvalue weighted by Gasteiger charge is 2.19. The van der Waals surface area contributed by atoms with E-state index in [0.717, 1.165) is 11.3 Å². The lowest BCUT2D eigenvalue weighted by atomic mass is 10.1. The van der Waals surface area contributed by atoms with Crippen molar-refractivity contribution in [3.8, 4) is 0 Å². The van der Waals surface area contributed by atoms with Gasteiger partial charge in [-0.1, -0.05) is 17.7 Å². The molecule has 0 aliphatic rings. The summed E-state index contributed by atoms with van der Waals surface area (Å²) < 4.78 is 0. The van der Waals surface area contributed by atoms with Gasteiger partial charge in [-0.2, -0.15) is 0 Å². The lowest BCUT2D eigenvalue weighted by Gasteiger charge is -2.24. The first kappa shape index (κ1) is 14.8. The molecule has 1 rings (SSSR count). The van der Waals surface area contributed by atoms with Gasteiger partial charge in [0.1, 0.15) is 6.04 Å². The van der Waals surface area contributed by atoms with Crippen LogP contribution in [-0.2, 0) is 4.79 Å². The van der Waals surface area contributed by atoms with Crippen LogP contribution in [0.25, 0.3) is 0 Å². The first-order chi connectivity index (χ1) is 8.19. The van der Waals surface area contributed by atoms with Crippen molar-refractivity contribution in [3.05, 3.63) is 28.8 Å². The second-order valence-electron chi connectivity index (χ2n) is 5.56. The van der Waals surface area contributed by atoms with Crippen molar-refractivity contribution >= 4 is 23.2 Å². The number of hydrogen-bond acceptors (Lipinski definition) is 2. The van der Waals surface area contributed by atoms with Crippen molar-refractivity contribution in [2.24, 2.45) is 0 Å². The zero-order valence-electron chi connectivity index (χ0n) is 11.6. The maximum Gasteiger partial charge on any atom is 0.242 e. The van der Waals surface area contributed by atoms with Crippen molar-refractivity contribution in [1.29, 1.82) is 0 Å². The van der Waals surface area contributed by atoms with Crippen LogP contribution in [-0.4, -0.2) is 17.5 Å². The Morgan fingerprint density at radius 2 is 1.94 bits per heavy atom. The quantitative estimate of drug-likeness (QED) is 0.883. The van der Waals surface area contributed by atoms with Gasteiger partial charge in [-0.05, 0) is 52.3 Å². The Balaban J connectivity index is 2.72. The van der Waals surface area contributed by atoms with Gasteiger partial charge in [0, 0.05) is 16.2 Å². The molecule has 2 N–H and O–H groups in total. The van der Waals surface area contributed by atoms with E-state index < -0.39 is 0 Å². The van der Waals surface area contributed by atoms with E-state index in [-0.39, 0.29) is 17.5 Å². The number of carbonyl (C=O) groups is 1. The molecule has 3 nitrogen and oxygen atoms in total. The summed E-state index contributed by atoms with van der Waals surface area (Å²) in [7, 11) is 0. The first-order valence-electron chi connectivity index (χ1n) is 6.04. The SMILES string of the molecule is Cc1ccc(Cl)cc1NC(C)C(=O)NC(C)(C)C. The lowest BCUT2D eigenvalue weighted by molar-refractivity contribution is -0.122. The van der Waals surface area contributed by atoms with Crippen LogP contribution in [0.1, 0.15) is 33.3 Å². The molecule has 0 aliphatic heterocycles. The number of hydrogen-bond donors (Lipinski definition) is 2. The van der Waals surface area contributed by atoms with Gasteiger partial charge in [0.25, 0.3) is 0 Å². The van der Waals surface area contributed by atoms with Gasteiger partial charge in [-0.3, -0.25) is 4.79 Å². The molecule has 1 aromatic carbocycles. The van der Waals surface area contributed by atoms with Crippen molar-refractivity contribution in [3.63, 3.8) is 0 Å². The fraction of sp³-hybridized carbons (Fsp3) is 0.500. The van der Waals surface area contributed by atoms with Crippen molar-refractivity contribution in [2.75, 3.05) is 5.32 Å². The molecule has 0 aromatic heterocycles. The van der Waals surface area contributed by atoms with Gasteiger partial charge in [0.15, 0.2) is 0 Å². The zero-order chi connectivity index (χ0) is 13.9. The predicted octanol–water partition coefficient (Wildman–Crippen LogP) is 3.36. The number of amides is 1. The second kappa shape index (κ2) is 5.61. The molecule has 100 valence electrons. The first-order valence-corrected chi connectivity index (χ1v) is 6.41. The van der Waals surface area contributed by atoms with Crippen LogP contribution in [0.4, 0.5) is 5.69 Å². The van der Waals surface area contributed by atoms with E-state index in [0.29, 0.717) is 5.02 Å². The summed E-state index contributed by atoms with van der Waals surface area (Å²) in [6.45, 7) is 9.70. The molecule has 18 heavy (non-hydrogen) atoms. The summed E-state index contributed by atoms with van der Waals surface area (Å²) in [5.74, 6) is -0.0260. The average molecular weight is 269 g/mol. The monoisotopic (exact) mass is 268 g/mol. The van der Waals surface area contributed by atoms with E-state index in [1.54, 1.807) is 0 Å². The molecule has 1 amide bonds. The molecule has 1 aromatic rings. The molecule has 0 fully saturated rings. The highest BCUT2D eigenvalue weighted by atomic mass is 35.5. The smallest absolute Gasteiger partial charge is 0.242 e. The summed E-state index contributed by atoms with van der Waals surface area (Å²) in [4.78, 5) is 12.0. The fourth-order valence-corrected chi connectivity index (χ4v) is 1.70. The van der Waals surface area contributed by atoms with Gasteiger partial charge >= 0.3 is 0 Å². The van der Waals surface area contributed by atoms with E-state index in [4.69, 9.17) is 11.6 Å². The number of rotatable bonds is 3. The number of nitrogens with one attached hydrogen (secondary N) is 2. The highest BCUT2D eigenvalue weighted by molar-refractivity contribution is 6.30. The summed E-state index contributed by atoms with van der Waals surface area (Å²) in [6, 6.07) is 5.29. The van der Waals surface area contributed by atoms with Crippen molar-refractivity contribution in [1.82, 2.24) is 5.32 Å². The molecule has 1 atom stereocenters. The highest BCUT2D eigenvalue weighted by Crippen LogP contribution is 2.20. The third kappa shape index (κ3) is 4.57. The average Bonchev–Trinajstić information content (AvgIpc) is 2.21. The Bertz CT molecular complexity index is 438. The summed E-state index contributed by atoms with van der Waals surface area (Å²) in [6.07, 6.45) is 0. The number of aryl methyl sites for hydroxylation is 1. The predicted molar refractivity (Wildman–Crippen MR) is 77.2 cm³/mol. The van der Waals surface area contributed by atoms with Crippen LogP contribution in [0.15, 0.2) is 18.2 Å². The third-order valence-electron chi connectivity index (χ3n) is 2.46. The molecule has 0 saturated heterocycles. The minimum Gasteiger partial charge on any atom is -0.374 e. The molecular formula is C14H21ClN2O. The molecule has 0 spiro atoms. The fourth-order valence-electron chi connectivity index (χ4n) is 1.53. The normalized spacial score (nSPS) is 13.0. The van der Waals surface area contributed by atoms with E-state index in [1.807, 2.05) is 52.8 Å². The minimum absolute atomic E-state index is 0.0260. The van der Waals surface area contributed by atoms with Gasteiger partial charge in [-0.15, -0.1) is 0 Å². The molecule has 0 heterocycles. The van der Waals surface area contributed by atoms with E-state index in [9.17, 15) is 4.79 Å². The lowest BCUT2D eigenvalue weighted by Crippen LogP contribution is -2.47. The van der Waals surface area contributed by atoms with Gasteiger partial charge in [0.05, 0.1) is 0 Å². The Labute approximate surface area is 114 Å². The van der Waals surface area contributed by atoms with Crippen molar-refractivity contribution < 1.29 is 4.79 Å². The number of carbonyl (C=O) groups excluding carboxylic acids is 1. The third-order valence-corrected chi connectivity index (χ3v) is 2.70. The van der Waals surface area contributed by atoms with Crippen LogP contribution < -0.4 is 10.6 Å². The number of halogens is 1. The maximum atomic E-state index is 12.0. The summed E-state index contributed by atoms with van der Waals surface area (Å²) >= 11 is 5.95. The van der Waals surface area contributed by atoms with Crippen LogP contribution in [0, 0.1) is 6.92 Å². The van der Waals surface area contributed by atoms with Crippen LogP contribution in [0.2, 0.25) is 5.02 Å². The Hall–Kier alpha value is -1.22. The van der Waals surface area contributed by atoms with E-state index >= 15 is 0 Å². The van der Waals surface area contributed by atoms with Crippen LogP contribution in [0.5, 0.6) is 0 Å². The largest absolute Gasteiger partial charge is 0.374 e. The maximum absolute atomic E-state index is 12.0. The minimum atomic E-state index is -0.304. The van der Waals surface area contributed by atoms with E-state index in [2.05, 4.69) is 10.6 Å². The second-order valence-corrected chi connectivity index (χ2v) is 6.00. The number of anilines is 1. The van der Waals surface area contributed by atoms with Crippen LogP contribution in [0.3, 0.4) is 0 Å². The molecule has 0 radical (unpaired) electrons. The molecule has 0 aliphatic carbocycles. The molecular weight excluding hydrogens is 248 g/mol. The Morgan fingerprint density at radius 1 is 1.33 bits per heavy atom. The van der Waals surface area contributed by atoms with Gasteiger partial charge in [-0.25, -0.2) is 0 Å². The summed E-state index contributed by atoms with van der Waals surface area (Å²) in [5, 5.41) is 6.77. The van der Waals surface area contributed by atoms with Gasteiger partial charge in [0.2, 0.25) is 5.91 Å². The number of benzene rings is 1. The standard InChI is InChI=1S/C14H21ClN2O/c1-9-6-7-11(15)8-12(9)16-10(2)13(18)17-14(3,4)5/h6-8,10,16H,1-5H3,(H,17,18). The van der Waals surface area contributed by atoms with Gasteiger partial charge < -0.3 is 10.6 Å².